The molecule has 0 bridgehead atoms. The first-order valence-electron chi connectivity index (χ1n) is 9.72. The molecule has 2 N–H and O–H groups in total. The minimum atomic E-state index is 0.0130. The van der Waals surface area contributed by atoms with Crippen LogP contribution in [0.25, 0.3) is 0 Å². The van der Waals surface area contributed by atoms with E-state index in [1.807, 2.05) is 47.4 Å². The van der Waals surface area contributed by atoms with Crippen LogP contribution in [0.3, 0.4) is 0 Å². The molecular weight excluding hydrogens is 354 g/mol. The smallest absolute Gasteiger partial charge is 0.231 e. The zero-order valence-corrected chi connectivity index (χ0v) is 16.0. The van der Waals surface area contributed by atoms with E-state index in [-0.39, 0.29) is 17.7 Å². The van der Waals surface area contributed by atoms with Crippen molar-refractivity contribution in [2.75, 3.05) is 37.0 Å². The second-order valence-electron chi connectivity index (χ2n) is 7.35. The van der Waals surface area contributed by atoms with Crippen molar-refractivity contribution in [1.82, 2.24) is 5.32 Å². The number of fused-ring (bicyclic) bond motifs is 1. The lowest BCUT2D eigenvalue weighted by atomic mass is 10.1. The van der Waals surface area contributed by atoms with Gasteiger partial charge in [-0.25, -0.2) is 0 Å². The zero-order valence-electron chi connectivity index (χ0n) is 16.0. The molecule has 0 spiro atoms. The van der Waals surface area contributed by atoms with Crippen LogP contribution in [0.1, 0.15) is 17.5 Å². The van der Waals surface area contributed by atoms with Crippen molar-refractivity contribution in [2.24, 2.45) is 5.92 Å². The van der Waals surface area contributed by atoms with Gasteiger partial charge in [-0.2, -0.15) is 0 Å². The first-order valence-corrected chi connectivity index (χ1v) is 9.72. The number of nitrogens with one attached hydrogen (secondary N) is 2. The highest BCUT2D eigenvalue weighted by Gasteiger charge is 2.26. The molecule has 2 aromatic carbocycles. The van der Waals surface area contributed by atoms with E-state index >= 15 is 0 Å². The fraction of sp³-hybridized carbons (Fsp3) is 0.364. The molecule has 6 heteroatoms. The van der Waals surface area contributed by atoms with E-state index in [1.54, 1.807) is 7.11 Å². The number of methoxy groups -OCH3 is 1. The molecule has 6 nitrogen and oxygen atoms in total. The lowest BCUT2D eigenvalue weighted by Crippen LogP contribution is -2.30. The number of amides is 2. The van der Waals surface area contributed by atoms with Gasteiger partial charge in [-0.3, -0.25) is 9.59 Å². The molecule has 1 atom stereocenters. The number of hydrogen-bond acceptors (Lipinski definition) is 4. The van der Waals surface area contributed by atoms with Crippen molar-refractivity contribution in [2.45, 2.75) is 19.3 Å². The van der Waals surface area contributed by atoms with Crippen LogP contribution in [0.2, 0.25) is 0 Å². The molecule has 0 aromatic heterocycles. The van der Waals surface area contributed by atoms with E-state index < -0.39 is 0 Å². The van der Waals surface area contributed by atoms with Gasteiger partial charge in [0.25, 0.3) is 0 Å². The summed E-state index contributed by atoms with van der Waals surface area (Å²) in [6, 6.07) is 13.4. The number of anilines is 2. The van der Waals surface area contributed by atoms with Crippen LogP contribution in [-0.4, -0.2) is 38.6 Å². The normalized spacial score (nSPS) is 18.0. The number of rotatable bonds is 5. The van der Waals surface area contributed by atoms with Crippen molar-refractivity contribution in [3.63, 3.8) is 0 Å². The van der Waals surface area contributed by atoms with E-state index in [0.717, 1.165) is 54.2 Å². The van der Waals surface area contributed by atoms with Crippen molar-refractivity contribution in [1.29, 1.82) is 0 Å². The summed E-state index contributed by atoms with van der Waals surface area (Å²) in [4.78, 5) is 27.1. The van der Waals surface area contributed by atoms with Gasteiger partial charge in [-0.15, -0.1) is 0 Å². The van der Waals surface area contributed by atoms with Crippen LogP contribution in [-0.2, 0) is 22.4 Å². The predicted molar refractivity (Wildman–Crippen MR) is 109 cm³/mol. The van der Waals surface area contributed by atoms with Crippen molar-refractivity contribution < 1.29 is 14.3 Å². The molecule has 2 aliphatic heterocycles. The number of carbonyl (C=O) groups excluding carboxylic acids is 2. The monoisotopic (exact) mass is 379 g/mol. The second kappa shape index (κ2) is 8.02. The van der Waals surface area contributed by atoms with Crippen LogP contribution in [0.5, 0.6) is 5.75 Å². The van der Waals surface area contributed by atoms with Crippen LogP contribution >= 0.6 is 0 Å². The molecule has 4 rings (SSSR count). The van der Waals surface area contributed by atoms with E-state index in [1.165, 1.54) is 0 Å². The van der Waals surface area contributed by atoms with E-state index in [9.17, 15) is 9.59 Å². The van der Waals surface area contributed by atoms with Gasteiger partial charge in [0.2, 0.25) is 11.8 Å². The molecule has 1 saturated heterocycles. The number of benzene rings is 2. The SMILES string of the molecule is COc1cccc(CC(=O)N2CCc3ccc(NC(=O)C4CCNC4)cc32)c1. The van der Waals surface area contributed by atoms with Gasteiger partial charge in [0.15, 0.2) is 0 Å². The molecule has 146 valence electrons. The van der Waals surface area contributed by atoms with Gasteiger partial charge in [0.05, 0.1) is 19.4 Å². The molecule has 2 aromatic rings. The van der Waals surface area contributed by atoms with E-state index in [4.69, 9.17) is 4.74 Å². The summed E-state index contributed by atoms with van der Waals surface area (Å²) >= 11 is 0. The third-order valence-corrected chi connectivity index (χ3v) is 5.47. The summed E-state index contributed by atoms with van der Waals surface area (Å²) in [6.45, 7) is 2.28. The Balaban J connectivity index is 1.47. The highest BCUT2D eigenvalue weighted by Crippen LogP contribution is 2.32. The molecule has 2 heterocycles. The van der Waals surface area contributed by atoms with E-state index in [2.05, 4.69) is 10.6 Å². The molecular formula is C22H25N3O3. The molecule has 0 aliphatic carbocycles. The minimum absolute atomic E-state index is 0.0130. The Bertz CT molecular complexity index is 890. The van der Waals surface area contributed by atoms with Gasteiger partial charge in [0, 0.05) is 24.5 Å². The lowest BCUT2D eigenvalue weighted by molar-refractivity contribution is -0.119. The fourth-order valence-electron chi connectivity index (χ4n) is 3.89. The predicted octanol–water partition coefficient (Wildman–Crippen LogP) is 2.38. The first kappa shape index (κ1) is 18.5. The van der Waals surface area contributed by atoms with Crippen LogP contribution in [0, 0.1) is 5.92 Å². The summed E-state index contributed by atoms with van der Waals surface area (Å²) in [5.41, 5.74) is 3.71. The fourth-order valence-corrected chi connectivity index (χ4v) is 3.89. The Kier molecular flexibility index (Phi) is 5.30. The largest absolute Gasteiger partial charge is 0.497 e. The van der Waals surface area contributed by atoms with Crippen molar-refractivity contribution in [3.8, 4) is 5.75 Å². The molecule has 2 aliphatic rings. The summed E-state index contributed by atoms with van der Waals surface area (Å²) < 4.78 is 5.24. The first-order chi connectivity index (χ1) is 13.6. The average Bonchev–Trinajstić information content (AvgIpc) is 3.38. The molecule has 2 amide bonds. The number of carbonyl (C=O) groups is 2. The minimum Gasteiger partial charge on any atom is -0.497 e. The topological polar surface area (TPSA) is 70.7 Å². The molecule has 1 fully saturated rings. The lowest BCUT2D eigenvalue weighted by Gasteiger charge is -2.19. The van der Waals surface area contributed by atoms with Crippen molar-refractivity contribution >= 4 is 23.2 Å². The maximum absolute atomic E-state index is 12.9. The third-order valence-electron chi connectivity index (χ3n) is 5.47. The number of nitrogens with zero attached hydrogens (tertiary/aromatic N) is 1. The van der Waals surface area contributed by atoms with Gasteiger partial charge in [-0.1, -0.05) is 18.2 Å². The van der Waals surface area contributed by atoms with Crippen LogP contribution in [0.4, 0.5) is 11.4 Å². The van der Waals surface area contributed by atoms with Crippen LogP contribution < -0.4 is 20.3 Å². The molecule has 0 saturated carbocycles. The van der Waals surface area contributed by atoms with Crippen LogP contribution in [0.15, 0.2) is 42.5 Å². The highest BCUT2D eigenvalue weighted by molar-refractivity contribution is 5.99. The number of ether oxygens (including phenoxy) is 1. The summed E-state index contributed by atoms with van der Waals surface area (Å²) in [5, 5.41) is 6.22. The van der Waals surface area contributed by atoms with Crippen molar-refractivity contribution in [3.05, 3.63) is 53.6 Å². The summed E-state index contributed by atoms with van der Waals surface area (Å²) in [6.07, 6.45) is 2.02. The molecule has 28 heavy (non-hydrogen) atoms. The van der Waals surface area contributed by atoms with Gasteiger partial charge >= 0.3 is 0 Å². The molecule has 0 radical (unpaired) electrons. The Morgan fingerprint density at radius 2 is 2.14 bits per heavy atom. The second-order valence-corrected chi connectivity index (χ2v) is 7.35. The third kappa shape index (κ3) is 3.87. The standard InChI is InChI=1S/C22H25N3O3/c1-28-19-4-2-3-15(11-19)12-21(26)25-10-8-16-5-6-18(13-20(16)25)24-22(27)17-7-9-23-14-17/h2-6,11,13,17,23H,7-10,12,14H2,1H3,(H,24,27). The quantitative estimate of drug-likeness (QED) is 0.837. The maximum Gasteiger partial charge on any atom is 0.231 e. The van der Waals surface area contributed by atoms with Gasteiger partial charge in [-0.05, 0) is 54.8 Å². The Hall–Kier alpha value is -2.86. The Morgan fingerprint density at radius 3 is 2.93 bits per heavy atom. The number of hydrogen-bond donors (Lipinski definition) is 2. The summed E-state index contributed by atoms with van der Waals surface area (Å²) in [5.74, 6) is 0.852. The Morgan fingerprint density at radius 1 is 1.25 bits per heavy atom. The van der Waals surface area contributed by atoms with Gasteiger partial charge < -0.3 is 20.3 Å². The summed E-state index contributed by atoms with van der Waals surface area (Å²) in [7, 11) is 1.62. The highest BCUT2D eigenvalue weighted by atomic mass is 16.5. The zero-order chi connectivity index (χ0) is 19.5. The van der Waals surface area contributed by atoms with E-state index in [0.29, 0.717) is 13.0 Å². The molecule has 1 unspecified atom stereocenters. The van der Waals surface area contributed by atoms with Gasteiger partial charge in [0.1, 0.15) is 5.75 Å². The average molecular weight is 379 g/mol. The Labute approximate surface area is 164 Å². The maximum atomic E-state index is 12.9.